The molecule has 9 nitrogen and oxygen atoms in total. The van der Waals surface area contributed by atoms with E-state index < -0.39 is 16.1 Å². The van der Waals surface area contributed by atoms with Crippen molar-refractivity contribution in [1.29, 1.82) is 5.26 Å². The zero-order chi connectivity index (χ0) is 19.6. The standard InChI is InChI=1S/C17H14N4O5S/c1-3-25-17(22)15-13(10-18)20-21-9-8-14(19-16(15)21)26-27(23,24)12-6-4-11(2)5-7-12/h4-9H,3H2,1-2H3. The molecule has 0 aliphatic carbocycles. The Hall–Kier alpha value is -3.45. The summed E-state index contributed by atoms with van der Waals surface area (Å²) in [7, 11) is -4.11. The minimum absolute atomic E-state index is 0.0355. The summed E-state index contributed by atoms with van der Waals surface area (Å²) < 4.78 is 36.0. The Labute approximate surface area is 154 Å². The number of ether oxygens (including phenoxy) is 1. The van der Waals surface area contributed by atoms with Crippen molar-refractivity contribution in [2.24, 2.45) is 0 Å². The minimum Gasteiger partial charge on any atom is -0.462 e. The number of carbonyl (C=O) groups excluding carboxylic acids is 1. The van der Waals surface area contributed by atoms with Crippen LogP contribution in [-0.2, 0) is 14.9 Å². The third-order valence-corrected chi connectivity index (χ3v) is 4.79. The van der Waals surface area contributed by atoms with E-state index in [-0.39, 0.29) is 34.3 Å². The van der Waals surface area contributed by atoms with Gasteiger partial charge < -0.3 is 8.92 Å². The molecule has 3 aromatic rings. The maximum Gasteiger partial charge on any atom is 0.345 e. The third-order valence-electron chi connectivity index (χ3n) is 3.55. The fourth-order valence-corrected chi connectivity index (χ4v) is 3.18. The highest BCUT2D eigenvalue weighted by molar-refractivity contribution is 7.87. The van der Waals surface area contributed by atoms with E-state index in [4.69, 9.17) is 8.92 Å². The van der Waals surface area contributed by atoms with Gasteiger partial charge in [0, 0.05) is 12.3 Å². The molecule has 0 amide bonds. The molecule has 2 heterocycles. The van der Waals surface area contributed by atoms with Gasteiger partial charge in [-0.2, -0.15) is 23.8 Å². The summed E-state index contributed by atoms with van der Waals surface area (Å²) in [6.07, 6.45) is 1.34. The van der Waals surface area contributed by atoms with Crippen molar-refractivity contribution >= 4 is 21.7 Å². The number of nitriles is 1. The average Bonchev–Trinajstić information content (AvgIpc) is 3.00. The van der Waals surface area contributed by atoms with Crippen molar-refractivity contribution in [3.8, 4) is 11.9 Å². The Balaban J connectivity index is 2.03. The molecule has 0 N–H and O–H groups in total. The van der Waals surface area contributed by atoms with Gasteiger partial charge in [0.1, 0.15) is 16.5 Å². The second kappa shape index (κ2) is 7.05. The van der Waals surface area contributed by atoms with Crippen LogP contribution in [0.25, 0.3) is 5.65 Å². The number of benzene rings is 1. The summed E-state index contributed by atoms with van der Waals surface area (Å²) in [5.74, 6) is -1.05. The topological polar surface area (TPSA) is 124 Å². The molecule has 1 aromatic carbocycles. The summed E-state index contributed by atoms with van der Waals surface area (Å²) >= 11 is 0. The molecule has 0 saturated carbocycles. The molecule has 0 aliphatic rings. The fourth-order valence-electron chi connectivity index (χ4n) is 2.29. The molecule has 0 fully saturated rings. The number of hydrogen-bond donors (Lipinski definition) is 0. The van der Waals surface area contributed by atoms with E-state index in [2.05, 4.69) is 10.1 Å². The predicted octanol–water partition coefficient (Wildman–Crippen LogP) is 1.85. The highest BCUT2D eigenvalue weighted by Gasteiger charge is 2.24. The van der Waals surface area contributed by atoms with Crippen LogP contribution in [0.4, 0.5) is 0 Å². The summed E-state index contributed by atoms with van der Waals surface area (Å²) in [6.45, 7) is 3.54. The van der Waals surface area contributed by atoms with E-state index in [1.807, 2.05) is 6.92 Å². The molecule has 0 atom stereocenters. The van der Waals surface area contributed by atoms with Gasteiger partial charge >= 0.3 is 16.1 Å². The molecule has 0 unspecified atom stereocenters. The minimum atomic E-state index is -4.11. The zero-order valence-corrected chi connectivity index (χ0v) is 15.2. The van der Waals surface area contributed by atoms with Crippen LogP contribution >= 0.6 is 0 Å². The van der Waals surface area contributed by atoms with Gasteiger partial charge in [-0.25, -0.2) is 9.31 Å². The van der Waals surface area contributed by atoms with Crippen molar-refractivity contribution in [2.45, 2.75) is 18.7 Å². The lowest BCUT2D eigenvalue weighted by Crippen LogP contribution is -2.11. The van der Waals surface area contributed by atoms with Gasteiger partial charge in [-0.05, 0) is 26.0 Å². The van der Waals surface area contributed by atoms with Gasteiger partial charge in [-0.1, -0.05) is 17.7 Å². The molecule has 0 bridgehead atoms. The summed E-state index contributed by atoms with van der Waals surface area (Å²) in [5.41, 5.74) is 0.523. The van der Waals surface area contributed by atoms with Gasteiger partial charge in [0.15, 0.2) is 11.3 Å². The van der Waals surface area contributed by atoms with E-state index in [0.717, 1.165) is 5.56 Å². The lowest BCUT2D eigenvalue weighted by atomic mass is 10.2. The van der Waals surface area contributed by atoms with Gasteiger partial charge in [0.25, 0.3) is 0 Å². The van der Waals surface area contributed by atoms with Gasteiger partial charge in [0.05, 0.1) is 6.61 Å². The predicted molar refractivity (Wildman–Crippen MR) is 92.7 cm³/mol. The molecular weight excluding hydrogens is 372 g/mol. The van der Waals surface area contributed by atoms with Crippen LogP contribution in [0.3, 0.4) is 0 Å². The van der Waals surface area contributed by atoms with Crippen LogP contribution in [0.2, 0.25) is 0 Å². The summed E-state index contributed by atoms with van der Waals surface area (Å²) in [5, 5.41) is 13.1. The van der Waals surface area contributed by atoms with Crippen LogP contribution < -0.4 is 4.18 Å². The average molecular weight is 386 g/mol. The van der Waals surface area contributed by atoms with Crippen molar-refractivity contribution in [3.05, 3.63) is 53.3 Å². The van der Waals surface area contributed by atoms with E-state index in [0.29, 0.717) is 0 Å². The molecule has 10 heteroatoms. The number of aromatic nitrogens is 3. The van der Waals surface area contributed by atoms with Gasteiger partial charge in [-0.3, -0.25) is 0 Å². The van der Waals surface area contributed by atoms with Crippen LogP contribution in [0, 0.1) is 18.3 Å². The summed E-state index contributed by atoms with van der Waals surface area (Å²) in [6, 6.07) is 9.17. The molecule has 0 aliphatic heterocycles. The first kappa shape index (κ1) is 18.3. The Morgan fingerprint density at radius 2 is 1.96 bits per heavy atom. The van der Waals surface area contributed by atoms with Crippen LogP contribution in [-0.4, -0.2) is 35.6 Å². The van der Waals surface area contributed by atoms with E-state index >= 15 is 0 Å². The zero-order valence-electron chi connectivity index (χ0n) is 14.4. The van der Waals surface area contributed by atoms with Crippen molar-refractivity contribution in [2.75, 3.05) is 6.61 Å². The Morgan fingerprint density at radius 3 is 2.59 bits per heavy atom. The number of carbonyl (C=O) groups is 1. The van der Waals surface area contributed by atoms with Crippen LogP contribution in [0.1, 0.15) is 28.5 Å². The maximum absolute atomic E-state index is 12.4. The van der Waals surface area contributed by atoms with Gasteiger partial charge in [-0.15, -0.1) is 0 Å². The Kier molecular flexibility index (Phi) is 4.79. The van der Waals surface area contributed by atoms with E-state index in [1.54, 1.807) is 25.1 Å². The quantitative estimate of drug-likeness (QED) is 0.481. The molecule has 2 aromatic heterocycles. The first-order valence-corrected chi connectivity index (χ1v) is 9.24. The number of esters is 1. The van der Waals surface area contributed by atoms with Crippen molar-refractivity contribution < 1.29 is 22.1 Å². The fraction of sp³-hybridized carbons (Fsp3) is 0.176. The smallest absolute Gasteiger partial charge is 0.345 e. The summed E-state index contributed by atoms with van der Waals surface area (Å²) in [4.78, 5) is 16.1. The van der Waals surface area contributed by atoms with Crippen LogP contribution in [0.5, 0.6) is 5.88 Å². The first-order chi connectivity index (χ1) is 12.9. The number of aryl methyl sites for hydroxylation is 1. The van der Waals surface area contributed by atoms with Gasteiger partial charge in [0.2, 0.25) is 5.88 Å². The van der Waals surface area contributed by atoms with Crippen LogP contribution in [0.15, 0.2) is 41.4 Å². The molecule has 27 heavy (non-hydrogen) atoms. The Morgan fingerprint density at radius 1 is 1.26 bits per heavy atom. The molecule has 138 valence electrons. The second-order valence-electron chi connectivity index (χ2n) is 5.44. The van der Waals surface area contributed by atoms with E-state index in [9.17, 15) is 18.5 Å². The van der Waals surface area contributed by atoms with Crippen molar-refractivity contribution in [1.82, 2.24) is 14.6 Å². The first-order valence-electron chi connectivity index (χ1n) is 7.83. The number of fused-ring (bicyclic) bond motifs is 1. The number of nitrogens with zero attached hydrogens (tertiary/aromatic N) is 4. The maximum atomic E-state index is 12.4. The lowest BCUT2D eigenvalue weighted by molar-refractivity contribution is 0.0528. The van der Waals surface area contributed by atoms with Crippen molar-refractivity contribution in [3.63, 3.8) is 0 Å². The van der Waals surface area contributed by atoms with E-state index in [1.165, 1.54) is 28.9 Å². The normalized spacial score (nSPS) is 11.1. The highest BCUT2D eigenvalue weighted by atomic mass is 32.2. The molecule has 3 rings (SSSR count). The molecule has 0 spiro atoms. The SMILES string of the molecule is CCOC(=O)c1c(C#N)nn2ccc(OS(=O)(=O)c3ccc(C)cc3)nc12. The molecule has 0 saturated heterocycles. The molecular formula is C17H14N4O5S. The number of rotatable bonds is 5. The second-order valence-corrected chi connectivity index (χ2v) is 6.99. The lowest BCUT2D eigenvalue weighted by Gasteiger charge is -2.07. The third kappa shape index (κ3) is 3.58. The number of hydrogen-bond acceptors (Lipinski definition) is 8. The molecule has 0 radical (unpaired) electrons. The largest absolute Gasteiger partial charge is 0.462 e. The highest BCUT2D eigenvalue weighted by Crippen LogP contribution is 2.21. The monoisotopic (exact) mass is 386 g/mol. The Bertz CT molecular complexity index is 1160.